The molecule has 0 aromatic carbocycles. The SMILES string of the molecule is CC(=O)c1ccc(-c2nccc3[nH]c(-c4n[nH]c5ccc(-c6cncc(CN(C)C)c6)nc45)nc23)s1. The Labute approximate surface area is 210 Å². The van der Waals surface area contributed by atoms with E-state index in [1.165, 1.54) is 11.3 Å². The lowest BCUT2D eigenvalue weighted by Gasteiger charge is -2.10. The number of nitrogens with one attached hydrogen (secondary N) is 2. The number of rotatable bonds is 6. The molecule has 0 saturated heterocycles. The quantitative estimate of drug-likeness (QED) is 0.315. The van der Waals surface area contributed by atoms with Crippen LogP contribution in [0.5, 0.6) is 0 Å². The summed E-state index contributed by atoms with van der Waals surface area (Å²) in [6, 6.07) is 11.7. The molecule has 6 heterocycles. The zero-order valence-corrected chi connectivity index (χ0v) is 20.7. The van der Waals surface area contributed by atoms with Crippen LogP contribution in [0.3, 0.4) is 0 Å². The molecule has 0 bridgehead atoms. The Morgan fingerprint density at radius 1 is 1.00 bits per heavy atom. The monoisotopic (exact) mass is 494 g/mol. The molecule has 0 atom stereocenters. The predicted octanol–water partition coefficient (Wildman–Crippen LogP) is 4.95. The first-order chi connectivity index (χ1) is 17.5. The van der Waals surface area contributed by atoms with Gasteiger partial charge in [0, 0.05) is 30.7 Å². The van der Waals surface area contributed by atoms with Gasteiger partial charge >= 0.3 is 0 Å². The number of aromatic nitrogens is 7. The van der Waals surface area contributed by atoms with Gasteiger partial charge in [0.1, 0.15) is 16.7 Å². The number of nitrogens with zero attached hydrogens (tertiary/aromatic N) is 6. The van der Waals surface area contributed by atoms with Crippen molar-refractivity contribution in [2.24, 2.45) is 0 Å². The van der Waals surface area contributed by atoms with Crippen molar-refractivity contribution in [2.45, 2.75) is 13.5 Å². The Bertz CT molecular complexity index is 1750. The average Bonchev–Trinajstić information content (AvgIpc) is 3.60. The summed E-state index contributed by atoms with van der Waals surface area (Å²) in [7, 11) is 4.06. The highest BCUT2D eigenvalue weighted by molar-refractivity contribution is 7.17. The Balaban J connectivity index is 1.43. The lowest BCUT2D eigenvalue weighted by Crippen LogP contribution is -2.10. The zero-order valence-electron chi connectivity index (χ0n) is 19.9. The van der Waals surface area contributed by atoms with Crippen LogP contribution < -0.4 is 0 Å². The van der Waals surface area contributed by atoms with E-state index in [2.05, 4.69) is 36.1 Å². The van der Waals surface area contributed by atoms with E-state index in [0.717, 1.165) is 50.5 Å². The van der Waals surface area contributed by atoms with Gasteiger partial charge in [-0.2, -0.15) is 5.10 Å². The number of H-pyrrole nitrogens is 2. The van der Waals surface area contributed by atoms with E-state index in [1.54, 1.807) is 13.1 Å². The smallest absolute Gasteiger partial charge is 0.169 e. The summed E-state index contributed by atoms with van der Waals surface area (Å²) < 4.78 is 0. The van der Waals surface area contributed by atoms with Crippen molar-refractivity contribution in [1.29, 1.82) is 0 Å². The first kappa shape index (κ1) is 22.2. The third kappa shape index (κ3) is 3.96. The molecule has 10 heteroatoms. The minimum atomic E-state index is 0.0356. The van der Waals surface area contributed by atoms with Crippen LogP contribution in [0.15, 0.2) is 55.0 Å². The first-order valence-corrected chi connectivity index (χ1v) is 12.2. The lowest BCUT2D eigenvalue weighted by atomic mass is 10.1. The molecule has 0 aliphatic heterocycles. The van der Waals surface area contributed by atoms with Gasteiger partial charge in [0.05, 0.1) is 26.5 Å². The standard InChI is InChI=1S/C26H22N8OS/c1-14(35)20-6-7-21(36-20)24-22-18(8-9-28-24)30-26(31-22)25-23-19(32-33-25)5-4-17(29-23)16-10-15(11-27-12-16)13-34(2)3/h4-12H,13H2,1-3H3,(H,30,31)(H,32,33). The maximum absolute atomic E-state index is 11.8. The van der Waals surface area contributed by atoms with Gasteiger partial charge < -0.3 is 9.88 Å². The highest BCUT2D eigenvalue weighted by Crippen LogP contribution is 2.33. The van der Waals surface area contributed by atoms with Gasteiger partial charge in [-0.05, 0) is 63.0 Å². The molecule has 36 heavy (non-hydrogen) atoms. The highest BCUT2D eigenvalue weighted by atomic mass is 32.1. The molecule has 6 rings (SSSR count). The van der Waals surface area contributed by atoms with Gasteiger partial charge in [-0.25, -0.2) is 9.97 Å². The maximum Gasteiger partial charge on any atom is 0.169 e. The molecule has 2 N–H and O–H groups in total. The Morgan fingerprint density at radius 2 is 1.86 bits per heavy atom. The summed E-state index contributed by atoms with van der Waals surface area (Å²) in [5, 5.41) is 7.58. The normalized spacial score (nSPS) is 11.7. The van der Waals surface area contributed by atoms with E-state index in [-0.39, 0.29) is 5.78 Å². The van der Waals surface area contributed by atoms with Crippen LogP contribution in [0, 0.1) is 0 Å². The minimum Gasteiger partial charge on any atom is -0.336 e. The number of aromatic amines is 2. The van der Waals surface area contributed by atoms with Gasteiger partial charge in [-0.15, -0.1) is 11.3 Å². The molecule has 9 nitrogen and oxygen atoms in total. The number of fused-ring (bicyclic) bond motifs is 2. The summed E-state index contributed by atoms with van der Waals surface area (Å²) in [6.07, 6.45) is 5.43. The second kappa shape index (κ2) is 8.74. The molecule has 0 aliphatic carbocycles. The number of Topliss-reactive ketones (excluding diaryl/α,β-unsaturated/α-hetero) is 1. The number of carbonyl (C=O) groups is 1. The van der Waals surface area contributed by atoms with Crippen molar-refractivity contribution < 1.29 is 4.79 Å². The molecule has 0 saturated carbocycles. The summed E-state index contributed by atoms with van der Waals surface area (Å²) in [4.78, 5) is 37.6. The average molecular weight is 495 g/mol. The van der Waals surface area contributed by atoms with Crippen molar-refractivity contribution in [3.63, 3.8) is 0 Å². The number of ketones is 1. The lowest BCUT2D eigenvalue weighted by molar-refractivity contribution is 0.102. The number of thiophene rings is 1. The molecule has 178 valence electrons. The topological polar surface area (TPSA) is 116 Å². The van der Waals surface area contributed by atoms with Gasteiger partial charge in [-0.1, -0.05) is 0 Å². The predicted molar refractivity (Wildman–Crippen MR) is 141 cm³/mol. The Hall–Kier alpha value is -4.28. The third-order valence-electron chi connectivity index (χ3n) is 5.81. The van der Waals surface area contributed by atoms with Crippen LogP contribution >= 0.6 is 11.3 Å². The fraction of sp³-hybridized carbons (Fsp3) is 0.154. The molecule has 0 radical (unpaired) electrons. The molecular formula is C26H22N8OS. The fourth-order valence-electron chi connectivity index (χ4n) is 4.19. The Kier molecular flexibility index (Phi) is 5.39. The van der Waals surface area contributed by atoms with Crippen LogP contribution in [0.2, 0.25) is 0 Å². The summed E-state index contributed by atoms with van der Waals surface area (Å²) in [5.74, 6) is 0.631. The molecule has 0 unspecified atom stereocenters. The molecule has 0 amide bonds. The molecule has 6 aromatic heterocycles. The summed E-state index contributed by atoms with van der Waals surface area (Å²) >= 11 is 1.41. The van der Waals surface area contributed by atoms with Crippen LogP contribution in [0.25, 0.3) is 55.4 Å². The van der Waals surface area contributed by atoms with Crippen molar-refractivity contribution in [1.82, 2.24) is 40.0 Å². The van der Waals surface area contributed by atoms with Crippen molar-refractivity contribution in [3.8, 4) is 33.3 Å². The minimum absolute atomic E-state index is 0.0356. The van der Waals surface area contributed by atoms with Crippen molar-refractivity contribution in [3.05, 3.63) is 65.4 Å². The van der Waals surface area contributed by atoms with Gasteiger partial charge in [0.2, 0.25) is 0 Å². The van der Waals surface area contributed by atoms with E-state index in [0.29, 0.717) is 21.9 Å². The maximum atomic E-state index is 11.8. The van der Waals surface area contributed by atoms with Crippen LogP contribution in [0.1, 0.15) is 22.2 Å². The first-order valence-electron chi connectivity index (χ1n) is 11.4. The van der Waals surface area contributed by atoms with Gasteiger partial charge in [0.15, 0.2) is 17.3 Å². The van der Waals surface area contributed by atoms with Crippen LogP contribution in [-0.2, 0) is 6.54 Å². The summed E-state index contributed by atoms with van der Waals surface area (Å²) in [5.41, 5.74) is 7.31. The molecule has 0 aliphatic rings. The van der Waals surface area contributed by atoms with Crippen LogP contribution in [-0.4, -0.2) is 59.9 Å². The van der Waals surface area contributed by atoms with E-state index in [9.17, 15) is 4.79 Å². The second-order valence-corrected chi connectivity index (χ2v) is 9.93. The van der Waals surface area contributed by atoms with E-state index >= 15 is 0 Å². The largest absolute Gasteiger partial charge is 0.336 e. The molecule has 0 fully saturated rings. The fourth-order valence-corrected chi connectivity index (χ4v) is 5.09. The third-order valence-corrected chi connectivity index (χ3v) is 7.00. The number of hydrogen-bond donors (Lipinski definition) is 2. The number of imidazole rings is 1. The van der Waals surface area contributed by atoms with E-state index < -0.39 is 0 Å². The molecular weight excluding hydrogens is 472 g/mol. The molecule has 0 spiro atoms. The molecule has 6 aromatic rings. The second-order valence-electron chi connectivity index (χ2n) is 8.85. The Morgan fingerprint density at radius 3 is 2.67 bits per heavy atom. The highest BCUT2D eigenvalue weighted by Gasteiger charge is 2.18. The zero-order chi connectivity index (χ0) is 24.8. The van der Waals surface area contributed by atoms with Crippen molar-refractivity contribution >= 4 is 39.2 Å². The number of hydrogen-bond acceptors (Lipinski definition) is 8. The number of carbonyl (C=O) groups excluding carboxylic acids is 1. The summed E-state index contributed by atoms with van der Waals surface area (Å²) in [6.45, 7) is 2.36. The van der Waals surface area contributed by atoms with E-state index in [4.69, 9.17) is 9.97 Å². The number of pyridine rings is 3. The van der Waals surface area contributed by atoms with Gasteiger partial charge in [0.25, 0.3) is 0 Å². The van der Waals surface area contributed by atoms with E-state index in [1.807, 2.05) is 56.8 Å². The van der Waals surface area contributed by atoms with Gasteiger partial charge in [-0.3, -0.25) is 19.9 Å². The van der Waals surface area contributed by atoms with Crippen LogP contribution in [0.4, 0.5) is 0 Å². The van der Waals surface area contributed by atoms with Crippen molar-refractivity contribution in [2.75, 3.05) is 14.1 Å².